The molecule has 4 fully saturated rings. The van der Waals surface area contributed by atoms with Crippen LogP contribution in [0.15, 0.2) is 17.6 Å². The Morgan fingerprint density at radius 2 is 2.07 bits per heavy atom. The van der Waals surface area contributed by atoms with Gasteiger partial charge in [0, 0.05) is 34.6 Å². The molecule has 0 radical (unpaired) electrons. The summed E-state index contributed by atoms with van der Waals surface area (Å²) in [5, 5.41) is 6.42. The average Bonchev–Trinajstić information content (AvgIpc) is 3.41. The summed E-state index contributed by atoms with van der Waals surface area (Å²) in [5.41, 5.74) is 1.51. The first-order chi connectivity index (χ1) is 14.2. The highest BCUT2D eigenvalue weighted by Crippen LogP contribution is 2.32. The predicted octanol–water partition coefficient (Wildman–Crippen LogP) is 2.96. The monoisotopic (exact) mass is 408 g/mol. The highest BCUT2D eigenvalue weighted by molar-refractivity contribution is 7.17. The van der Waals surface area contributed by atoms with Gasteiger partial charge in [-0.15, -0.1) is 11.3 Å². The van der Waals surface area contributed by atoms with Gasteiger partial charge in [-0.3, -0.25) is 14.6 Å². The van der Waals surface area contributed by atoms with Crippen LogP contribution in [0.1, 0.15) is 48.7 Å². The molecule has 0 spiro atoms. The van der Waals surface area contributed by atoms with Gasteiger partial charge < -0.3 is 5.32 Å². The Hall–Kier alpha value is -1.94. The molecule has 0 saturated carbocycles. The predicted molar refractivity (Wildman–Crippen MR) is 117 cm³/mol. The van der Waals surface area contributed by atoms with E-state index >= 15 is 0 Å². The van der Waals surface area contributed by atoms with E-state index in [4.69, 9.17) is 0 Å². The van der Waals surface area contributed by atoms with E-state index in [2.05, 4.69) is 44.2 Å². The molecule has 0 aromatic carbocycles. The molecule has 2 aromatic heterocycles. The standard InChI is InChI=1S/C23H28N4OS/c1-16-22(17-6-11-27(16)12-7-17)25-23(28)20-13-19-18(15-29-21(19)14-24-20)5-4-10-26-8-2-3-9-26/h13-17,22H,2-3,6-12H2,1H3,(H,25,28). The van der Waals surface area contributed by atoms with Crippen molar-refractivity contribution in [3.05, 3.63) is 28.9 Å². The summed E-state index contributed by atoms with van der Waals surface area (Å²) in [6, 6.07) is 2.56. The van der Waals surface area contributed by atoms with Crippen molar-refractivity contribution in [2.24, 2.45) is 5.92 Å². The van der Waals surface area contributed by atoms with Gasteiger partial charge in [-0.2, -0.15) is 0 Å². The fourth-order valence-corrected chi connectivity index (χ4v) is 5.95. The van der Waals surface area contributed by atoms with E-state index in [-0.39, 0.29) is 11.9 Å². The molecule has 6 heterocycles. The topological polar surface area (TPSA) is 48.5 Å². The number of carbonyl (C=O) groups excluding carboxylic acids is 1. The van der Waals surface area contributed by atoms with Gasteiger partial charge in [-0.05, 0) is 70.8 Å². The van der Waals surface area contributed by atoms with Crippen LogP contribution in [-0.2, 0) is 0 Å². The quantitative estimate of drug-likeness (QED) is 0.794. The molecule has 4 aliphatic rings. The first kappa shape index (κ1) is 19.0. The summed E-state index contributed by atoms with van der Waals surface area (Å²) >= 11 is 1.65. The van der Waals surface area contributed by atoms with Crippen molar-refractivity contribution in [1.82, 2.24) is 20.1 Å². The summed E-state index contributed by atoms with van der Waals surface area (Å²) in [7, 11) is 0. The Balaban J connectivity index is 1.32. The molecular weight excluding hydrogens is 380 g/mol. The zero-order chi connectivity index (χ0) is 19.8. The van der Waals surface area contributed by atoms with Gasteiger partial charge in [0.1, 0.15) is 5.69 Å². The lowest BCUT2D eigenvalue weighted by Crippen LogP contribution is -2.62. The van der Waals surface area contributed by atoms with E-state index < -0.39 is 0 Å². The van der Waals surface area contributed by atoms with Crippen molar-refractivity contribution >= 4 is 27.3 Å². The lowest BCUT2D eigenvalue weighted by Gasteiger charge is -2.49. The number of fused-ring (bicyclic) bond motifs is 4. The van der Waals surface area contributed by atoms with E-state index in [1.54, 1.807) is 11.3 Å². The zero-order valence-electron chi connectivity index (χ0n) is 17.0. The minimum absolute atomic E-state index is 0.0559. The number of nitrogens with one attached hydrogen (secondary N) is 1. The molecule has 0 aliphatic carbocycles. The number of hydrogen-bond donors (Lipinski definition) is 1. The third-order valence-corrected chi connectivity index (χ3v) is 7.83. The number of amides is 1. The normalized spacial score (nSPS) is 29.0. The van der Waals surface area contributed by atoms with Crippen molar-refractivity contribution in [3.8, 4) is 11.8 Å². The van der Waals surface area contributed by atoms with Crippen molar-refractivity contribution in [2.75, 3.05) is 32.7 Å². The molecule has 6 rings (SSSR count). The van der Waals surface area contributed by atoms with E-state index in [9.17, 15) is 4.79 Å². The number of pyridine rings is 1. The molecule has 4 aliphatic heterocycles. The van der Waals surface area contributed by atoms with Crippen LogP contribution in [0.5, 0.6) is 0 Å². The lowest BCUT2D eigenvalue weighted by molar-refractivity contribution is 0.0216. The van der Waals surface area contributed by atoms with Gasteiger partial charge in [0.05, 0.1) is 11.2 Å². The molecule has 29 heavy (non-hydrogen) atoms. The maximum absolute atomic E-state index is 13.0. The van der Waals surface area contributed by atoms with Gasteiger partial charge in [0.15, 0.2) is 0 Å². The van der Waals surface area contributed by atoms with Crippen LogP contribution >= 0.6 is 11.3 Å². The Kier molecular flexibility index (Phi) is 5.29. The third-order valence-electron chi connectivity index (χ3n) is 6.89. The molecule has 2 atom stereocenters. The molecule has 5 nitrogen and oxygen atoms in total. The summed E-state index contributed by atoms with van der Waals surface area (Å²) < 4.78 is 1.09. The third kappa shape index (κ3) is 3.79. The number of likely N-dealkylation sites (tertiary alicyclic amines) is 1. The van der Waals surface area contributed by atoms with E-state index in [0.29, 0.717) is 17.7 Å². The molecular formula is C23H28N4OS. The first-order valence-electron chi connectivity index (χ1n) is 10.8. The number of carbonyl (C=O) groups is 1. The Morgan fingerprint density at radius 1 is 1.28 bits per heavy atom. The number of hydrogen-bond acceptors (Lipinski definition) is 5. The molecule has 2 bridgehead atoms. The number of aromatic nitrogens is 1. The fraction of sp³-hybridized carbons (Fsp3) is 0.565. The maximum Gasteiger partial charge on any atom is 0.270 e. The van der Waals surface area contributed by atoms with Crippen LogP contribution in [0.2, 0.25) is 0 Å². The highest BCUT2D eigenvalue weighted by Gasteiger charge is 2.40. The van der Waals surface area contributed by atoms with E-state index in [1.165, 1.54) is 25.7 Å². The lowest BCUT2D eigenvalue weighted by atomic mass is 9.79. The van der Waals surface area contributed by atoms with E-state index in [0.717, 1.165) is 48.4 Å². The van der Waals surface area contributed by atoms with Gasteiger partial charge in [-0.1, -0.05) is 11.8 Å². The van der Waals surface area contributed by atoms with Crippen LogP contribution < -0.4 is 5.32 Å². The van der Waals surface area contributed by atoms with Crippen LogP contribution in [0.4, 0.5) is 0 Å². The summed E-state index contributed by atoms with van der Waals surface area (Å²) in [6.45, 7) is 7.71. The van der Waals surface area contributed by atoms with Crippen molar-refractivity contribution in [3.63, 3.8) is 0 Å². The van der Waals surface area contributed by atoms with Gasteiger partial charge in [0.2, 0.25) is 0 Å². The average molecular weight is 409 g/mol. The Bertz CT molecular complexity index is 958. The number of thiophene rings is 1. The van der Waals surface area contributed by atoms with Crippen LogP contribution in [0.25, 0.3) is 10.1 Å². The zero-order valence-corrected chi connectivity index (χ0v) is 17.8. The van der Waals surface area contributed by atoms with Crippen molar-refractivity contribution in [1.29, 1.82) is 0 Å². The van der Waals surface area contributed by atoms with Crippen molar-refractivity contribution in [2.45, 2.75) is 44.7 Å². The first-order valence-corrected chi connectivity index (χ1v) is 11.7. The van der Waals surface area contributed by atoms with Gasteiger partial charge >= 0.3 is 0 Å². The van der Waals surface area contributed by atoms with Crippen LogP contribution in [0.3, 0.4) is 0 Å². The molecule has 2 unspecified atom stereocenters. The fourth-order valence-electron chi connectivity index (χ4n) is 5.11. The summed E-state index contributed by atoms with van der Waals surface area (Å²) in [4.78, 5) is 22.3. The number of piperidine rings is 3. The Labute approximate surface area is 176 Å². The van der Waals surface area contributed by atoms with Gasteiger partial charge in [-0.25, -0.2) is 4.98 Å². The minimum Gasteiger partial charge on any atom is -0.346 e. The highest BCUT2D eigenvalue weighted by atomic mass is 32.1. The smallest absolute Gasteiger partial charge is 0.270 e. The minimum atomic E-state index is -0.0559. The van der Waals surface area contributed by atoms with Gasteiger partial charge in [0.25, 0.3) is 5.91 Å². The molecule has 1 amide bonds. The number of rotatable bonds is 3. The maximum atomic E-state index is 13.0. The van der Waals surface area contributed by atoms with E-state index in [1.807, 2.05) is 12.3 Å². The molecule has 2 aromatic rings. The largest absolute Gasteiger partial charge is 0.346 e. The van der Waals surface area contributed by atoms with Crippen LogP contribution in [-0.4, -0.2) is 65.5 Å². The Morgan fingerprint density at radius 3 is 2.83 bits per heavy atom. The second kappa shape index (κ2) is 8.06. The molecule has 152 valence electrons. The summed E-state index contributed by atoms with van der Waals surface area (Å²) in [6.07, 6.45) is 6.75. The summed E-state index contributed by atoms with van der Waals surface area (Å²) in [5.74, 6) is 7.18. The molecule has 6 heteroatoms. The molecule has 1 N–H and O–H groups in total. The second-order valence-electron chi connectivity index (χ2n) is 8.61. The second-order valence-corrected chi connectivity index (χ2v) is 9.52. The molecule has 4 saturated heterocycles. The van der Waals surface area contributed by atoms with Crippen molar-refractivity contribution < 1.29 is 4.79 Å². The number of nitrogens with zero attached hydrogens (tertiary/aromatic N) is 3. The van der Waals surface area contributed by atoms with Crippen LogP contribution in [0, 0.1) is 17.8 Å². The SMILES string of the molecule is CC1C(NC(=O)c2cc3c(C#CCN4CCCC4)csc3cn2)C2CCN1CC2.